The van der Waals surface area contributed by atoms with E-state index >= 15 is 0 Å². The Labute approximate surface area is 578 Å². The van der Waals surface area contributed by atoms with E-state index in [1.807, 2.05) is 0 Å². The monoisotopic (exact) mass is 1280 g/mol. The van der Waals surface area contributed by atoms with Gasteiger partial charge in [0.05, 0.1) is 11.4 Å². The van der Waals surface area contributed by atoms with Crippen LogP contribution < -0.4 is 46.9 Å². The second-order valence-corrected chi connectivity index (χ2v) is 32.4. The highest BCUT2D eigenvalue weighted by molar-refractivity contribution is 7.20. The summed E-state index contributed by atoms with van der Waals surface area (Å²) in [6, 6.07) is 127. The second-order valence-electron chi connectivity index (χ2n) is 28.1. The fraction of sp³-hybridized carbons (Fsp3) is 0.0870. The maximum absolute atomic E-state index is 7.55. The van der Waals surface area contributed by atoms with Crippen LogP contribution in [0.3, 0.4) is 0 Å². The largest absolute Gasteiger partial charge is 0.310 e. The third-order valence-electron chi connectivity index (χ3n) is 20.1. The van der Waals surface area contributed by atoms with E-state index in [-0.39, 0.29) is 17.5 Å². The van der Waals surface area contributed by atoms with Crippen LogP contribution in [0.2, 0.25) is 5.02 Å². The summed E-state index contributed by atoms with van der Waals surface area (Å²) < 4.78 is 0. The maximum Gasteiger partial charge on any atom is 0.252 e. The molecule has 2 aliphatic rings. The molecule has 0 atom stereocenters. The SMILES string of the molecule is CC(C)(C)c1cc(-c2ccccc2)c(N2c3ccc(-c4ccc([Si](c5ccccc5)(c5ccccc5)c5ccccc5)cc4)cc3B3c4ccc(Cl)cc4N(c4c(-c5ccccc5)cc(C(C)(C)C)cc4-c4ccccc4)c4cc(-c5ccccc5)cc2c43)c(-c2ccccc2)c1. The molecule has 16 rings (SSSR count). The first kappa shape index (κ1) is 61.1. The van der Waals surface area contributed by atoms with Crippen LogP contribution in [0.25, 0.3) is 66.8 Å². The molecule has 14 aromatic carbocycles. The Morgan fingerprint density at radius 3 is 0.979 bits per heavy atom. The Balaban J connectivity index is 1.03. The molecule has 0 radical (unpaired) electrons. The van der Waals surface area contributed by atoms with Gasteiger partial charge in [0.15, 0.2) is 8.07 Å². The Kier molecular flexibility index (Phi) is 15.6. The molecular weight excluding hydrogens is 1210 g/mol. The first-order valence-corrected chi connectivity index (χ1v) is 36.3. The van der Waals surface area contributed by atoms with E-state index in [9.17, 15) is 0 Å². The van der Waals surface area contributed by atoms with Gasteiger partial charge in [-0.15, -0.1) is 0 Å². The number of benzene rings is 14. The molecule has 14 aromatic rings. The summed E-state index contributed by atoms with van der Waals surface area (Å²) in [7, 11) is -2.83. The predicted octanol–water partition coefficient (Wildman–Crippen LogP) is 20.4. The summed E-state index contributed by atoms with van der Waals surface area (Å²) in [5.74, 6) is 0. The van der Waals surface area contributed by atoms with Crippen molar-refractivity contribution in [3.05, 3.63) is 356 Å². The van der Waals surface area contributed by atoms with Crippen molar-refractivity contribution in [3.8, 4) is 66.8 Å². The number of nitrogens with zero attached hydrogens (tertiary/aromatic N) is 2. The molecular formula is C92H74BClN2Si. The molecule has 2 aliphatic heterocycles. The highest BCUT2D eigenvalue weighted by Gasteiger charge is 2.47. The number of fused-ring (bicyclic) bond motifs is 4. The highest BCUT2D eigenvalue weighted by atomic mass is 35.5. The first-order chi connectivity index (χ1) is 47.3. The molecule has 0 N–H and O–H groups in total. The van der Waals surface area contributed by atoms with Crippen LogP contribution in [-0.2, 0) is 10.8 Å². The number of rotatable bonds is 12. The quantitative estimate of drug-likeness (QED) is 0.0889. The lowest BCUT2D eigenvalue weighted by Crippen LogP contribution is -2.74. The van der Waals surface area contributed by atoms with Crippen molar-refractivity contribution in [2.24, 2.45) is 0 Å². The Hall–Kier alpha value is -10.7. The van der Waals surface area contributed by atoms with Gasteiger partial charge >= 0.3 is 0 Å². The molecule has 0 unspecified atom stereocenters. The minimum atomic E-state index is -2.83. The minimum Gasteiger partial charge on any atom is -0.310 e. The van der Waals surface area contributed by atoms with Gasteiger partial charge in [-0.2, -0.15) is 0 Å². The number of halogens is 1. The molecule has 0 saturated carbocycles. The Bertz CT molecular complexity index is 4990. The van der Waals surface area contributed by atoms with Gasteiger partial charge in [0, 0.05) is 50.0 Å². The zero-order valence-corrected chi connectivity index (χ0v) is 57.4. The van der Waals surface area contributed by atoms with Gasteiger partial charge in [-0.25, -0.2) is 0 Å². The van der Waals surface area contributed by atoms with Crippen molar-refractivity contribution in [2.75, 3.05) is 9.80 Å². The summed E-state index contributed by atoms with van der Waals surface area (Å²) in [6.07, 6.45) is 0. The number of hydrogen-bond donors (Lipinski definition) is 0. The molecule has 0 bridgehead atoms. The van der Waals surface area contributed by atoms with Gasteiger partial charge in [0.1, 0.15) is 0 Å². The van der Waals surface area contributed by atoms with Gasteiger partial charge in [-0.3, -0.25) is 0 Å². The van der Waals surface area contributed by atoms with Crippen LogP contribution in [0.5, 0.6) is 0 Å². The lowest BCUT2D eigenvalue weighted by atomic mass is 9.33. The first-order valence-electron chi connectivity index (χ1n) is 33.9. The van der Waals surface area contributed by atoms with E-state index in [0.717, 1.165) is 101 Å². The minimum absolute atomic E-state index is 0.180. The topological polar surface area (TPSA) is 6.48 Å². The third kappa shape index (κ3) is 10.9. The molecule has 2 heterocycles. The summed E-state index contributed by atoms with van der Waals surface area (Å²) in [6.45, 7) is 13.8. The van der Waals surface area contributed by atoms with E-state index in [4.69, 9.17) is 11.6 Å². The predicted molar refractivity (Wildman–Crippen MR) is 419 cm³/mol. The van der Waals surface area contributed by atoms with Crippen molar-refractivity contribution in [1.82, 2.24) is 0 Å². The Morgan fingerprint density at radius 2 is 0.598 bits per heavy atom. The highest BCUT2D eigenvalue weighted by Crippen LogP contribution is 2.55. The fourth-order valence-electron chi connectivity index (χ4n) is 15.4. The van der Waals surface area contributed by atoms with Crippen LogP contribution >= 0.6 is 11.6 Å². The van der Waals surface area contributed by atoms with Gasteiger partial charge in [0.2, 0.25) is 0 Å². The van der Waals surface area contributed by atoms with Gasteiger partial charge in [-0.1, -0.05) is 338 Å². The summed E-state index contributed by atoms with van der Waals surface area (Å²) in [5.41, 5.74) is 26.1. The Morgan fingerprint density at radius 1 is 0.268 bits per heavy atom. The maximum atomic E-state index is 7.55. The van der Waals surface area contributed by atoms with Crippen molar-refractivity contribution in [1.29, 1.82) is 0 Å². The van der Waals surface area contributed by atoms with Crippen LogP contribution in [0.4, 0.5) is 34.1 Å². The van der Waals surface area contributed by atoms with E-state index < -0.39 is 8.07 Å². The van der Waals surface area contributed by atoms with Crippen molar-refractivity contribution in [2.45, 2.75) is 52.4 Å². The summed E-state index contributed by atoms with van der Waals surface area (Å²) in [5, 5.41) is 6.05. The average molecular weight is 1280 g/mol. The molecule has 0 spiro atoms. The second kappa shape index (κ2) is 24.8. The smallest absolute Gasteiger partial charge is 0.252 e. The third-order valence-corrected chi connectivity index (χ3v) is 25.2. The van der Waals surface area contributed by atoms with E-state index in [1.165, 1.54) is 48.3 Å². The molecule has 97 heavy (non-hydrogen) atoms. The van der Waals surface area contributed by atoms with Crippen molar-refractivity contribution < 1.29 is 0 Å². The summed E-state index contributed by atoms with van der Waals surface area (Å²) >= 11 is 7.55. The zero-order chi connectivity index (χ0) is 66.0. The van der Waals surface area contributed by atoms with Crippen LogP contribution in [0, 0.1) is 0 Å². The zero-order valence-electron chi connectivity index (χ0n) is 55.7. The van der Waals surface area contributed by atoms with Crippen LogP contribution in [0.15, 0.2) is 340 Å². The molecule has 0 amide bonds. The molecule has 5 heteroatoms. The van der Waals surface area contributed by atoms with E-state index in [0.29, 0.717) is 5.02 Å². The number of hydrogen-bond acceptors (Lipinski definition) is 2. The lowest BCUT2D eigenvalue weighted by molar-refractivity contribution is 0.590. The number of anilines is 6. The molecule has 466 valence electrons. The normalized spacial score (nSPS) is 12.6. The molecule has 0 fully saturated rings. The van der Waals surface area contributed by atoms with Crippen molar-refractivity contribution in [3.63, 3.8) is 0 Å². The summed E-state index contributed by atoms with van der Waals surface area (Å²) in [4.78, 5) is 5.27. The van der Waals surface area contributed by atoms with Crippen molar-refractivity contribution >= 4 is 97.6 Å². The van der Waals surface area contributed by atoms with Gasteiger partial charge in [0.25, 0.3) is 6.71 Å². The standard InChI is InChI=1S/C92H74BClN2Si/c1-91(2,3)71-58-78(65-33-17-8-18-34-65)89(79(59-71)66-35-19-9-20-36-66)95-84-54-49-69(64-47-51-77(52-48-64)97(74-41-25-12-26-42-74,75-43-27-13-28-44-75)76-45-29-14-30-46-76)55-83(84)93-82-53-50-73(94)62-85(82)96(87-57-70(56-86(95)88(87)93)63-31-15-7-16-32-63)90-80(67-37-21-10-22-38-67)60-72(92(4,5)6)61-81(90)68-39-23-11-24-40-68/h7-62H,1-6H3. The molecule has 0 saturated heterocycles. The molecule has 0 aromatic heterocycles. The van der Waals surface area contributed by atoms with Crippen LogP contribution in [-0.4, -0.2) is 14.8 Å². The van der Waals surface area contributed by atoms with Gasteiger partial charge < -0.3 is 9.80 Å². The van der Waals surface area contributed by atoms with E-state index in [1.54, 1.807) is 0 Å². The average Bonchev–Trinajstić information content (AvgIpc) is 0.688. The fourth-order valence-corrected chi connectivity index (χ4v) is 20.3. The molecule has 0 aliphatic carbocycles. The lowest BCUT2D eigenvalue weighted by Gasteiger charge is -2.46. The van der Waals surface area contributed by atoms with Crippen LogP contribution in [0.1, 0.15) is 52.7 Å². The van der Waals surface area contributed by atoms with E-state index in [2.05, 4.69) is 391 Å². The molecule has 2 nitrogen and oxygen atoms in total. The van der Waals surface area contributed by atoms with Gasteiger partial charge in [-0.05, 0) is 158 Å².